The lowest BCUT2D eigenvalue weighted by Crippen LogP contribution is -2.53. The molecule has 0 radical (unpaired) electrons. The van der Waals surface area contributed by atoms with Gasteiger partial charge in [-0.2, -0.15) is 0 Å². The lowest BCUT2D eigenvalue weighted by atomic mass is 9.46. The van der Waals surface area contributed by atoms with E-state index in [0.717, 1.165) is 36.7 Å². The summed E-state index contributed by atoms with van der Waals surface area (Å²) in [5.74, 6) is 3.28. The Kier molecular flexibility index (Phi) is 3.57. The molecule has 0 aromatic carbocycles. The smallest absolute Gasteiger partial charge is 0.314 e. The van der Waals surface area contributed by atoms with E-state index in [9.17, 15) is 4.79 Å². The van der Waals surface area contributed by atoms with Gasteiger partial charge in [0.05, 0.1) is 24.7 Å². The highest BCUT2D eigenvalue weighted by molar-refractivity contribution is 5.74. The molecule has 132 valence electrons. The molecule has 2 aliphatic heterocycles. The highest BCUT2D eigenvalue weighted by Gasteiger charge is 2.54. The molecule has 4 heteroatoms. The Morgan fingerprint density at radius 3 is 2.38 bits per heavy atom. The quantitative estimate of drug-likeness (QED) is 0.335. The van der Waals surface area contributed by atoms with Crippen molar-refractivity contribution in [2.75, 3.05) is 13.4 Å². The van der Waals surface area contributed by atoms with Crippen LogP contribution < -0.4 is 0 Å². The summed E-state index contributed by atoms with van der Waals surface area (Å²) in [4.78, 5) is 12.2. The Hall–Kier alpha value is -0.870. The SMILES string of the molecule is CC1(COCOC(=O)C2CC3C=CC2O3)C2CC3CC(C2)CC1C3. The molecule has 6 bridgehead atoms. The third kappa shape index (κ3) is 2.37. The monoisotopic (exact) mass is 332 g/mol. The molecule has 1 saturated heterocycles. The normalized spacial score (nSPS) is 50.6. The number of ether oxygens (including phenoxy) is 3. The van der Waals surface area contributed by atoms with Crippen LogP contribution in [0.1, 0.15) is 45.4 Å². The molecule has 0 spiro atoms. The molecular formula is C20H28O4. The first-order valence-corrected chi connectivity index (χ1v) is 9.70. The number of carbonyl (C=O) groups is 1. The minimum absolute atomic E-state index is 0.0792. The highest BCUT2D eigenvalue weighted by Crippen LogP contribution is 2.62. The zero-order valence-electron chi connectivity index (χ0n) is 14.5. The van der Waals surface area contributed by atoms with Crippen LogP contribution in [0.25, 0.3) is 0 Å². The van der Waals surface area contributed by atoms with Gasteiger partial charge < -0.3 is 14.2 Å². The van der Waals surface area contributed by atoms with Gasteiger partial charge in [0.1, 0.15) is 0 Å². The summed E-state index contributed by atoms with van der Waals surface area (Å²) in [6, 6.07) is 0. The number of esters is 1. The number of carbonyl (C=O) groups excluding carboxylic acids is 1. The van der Waals surface area contributed by atoms with Crippen LogP contribution >= 0.6 is 0 Å². The van der Waals surface area contributed by atoms with Gasteiger partial charge in [-0.05, 0) is 67.6 Å². The fourth-order valence-electron chi connectivity index (χ4n) is 6.47. The summed E-state index contributed by atoms with van der Waals surface area (Å²) in [7, 11) is 0. The molecular weight excluding hydrogens is 304 g/mol. The van der Waals surface area contributed by atoms with E-state index in [0.29, 0.717) is 0 Å². The fourth-order valence-corrected chi connectivity index (χ4v) is 6.47. The topological polar surface area (TPSA) is 44.8 Å². The minimum atomic E-state index is -0.165. The molecule has 4 aliphatic carbocycles. The number of fused-ring (bicyclic) bond motifs is 2. The van der Waals surface area contributed by atoms with Crippen LogP contribution in [0.4, 0.5) is 0 Å². The summed E-state index contributed by atoms with van der Waals surface area (Å²) in [5.41, 5.74) is 0.290. The van der Waals surface area contributed by atoms with Crippen LogP contribution in [-0.4, -0.2) is 31.6 Å². The third-order valence-electron chi connectivity index (χ3n) is 7.73. The summed E-state index contributed by atoms with van der Waals surface area (Å²) in [6.07, 6.45) is 11.8. The zero-order chi connectivity index (χ0) is 16.3. The van der Waals surface area contributed by atoms with Crippen molar-refractivity contribution in [3.05, 3.63) is 12.2 Å². The van der Waals surface area contributed by atoms with Gasteiger partial charge in [0, 0.05) is 0 Å². The second-order valence-corrected chi connectivity index (χ2v) is 9.11. The number of hydrogen-bond acceptors (Lipinski definition) is 4. The van der Waals surface area contributed by atoms with Crippen molar-refractivity contribution in [2.24, 2.45) is 35.0 Å². The van der Waals surface area contributed by atoms with Gasteiger partial charge in [-0.3, -0.25) is 4.79 Å². The number of hydrogen-bond donors (Lipinski definition) is 0. The maximum atomic E-state index is 12.2. The second kappa shape index (κ2) is 5.57. The Balaban J connectivity index is 1.12. The Labute approximate surface area is 143 Å². The van der Waals surface area contributed by atoms with E-state index < -0.39 is 0 Å². The maximum Gasteiger partial charge on any atom is 0.314 e. The van der Waals surface area contributed by atoms with Crippen LogP contribution in [0.15, 0.2) is 12.2 Å². The van der Waals surface area contributed by atoms with E-state index in [1.807, 2.05) is 12.2 Å². The zero-order valence-corrected chi connectivity index (χ0v) is 14.5. The molecule has 0 aromatic rings. The first-order chi connectivity index (χ1) is 11.6. The summed E-state index contributed by atoms with van der Waals surface area (Å²) in [6.45, 7) is 3.25. The standard InChI is InChI=1S/C20H28O4/c1-20(14-5-12-4-13(7-14)8-15(20)6-12)10-22-11-23-19(21)17-9-16-2-3-18(17)24-16/h2-3,12-18H,4-11H2,1H3. The molecule has 4 nitrogen and oxygen atoms in total. The van der Waals surface area contributed by atoms with Crippen LogP contribution in [0.5, 0.6) is 0 Å². The van der Waals surface area contributed by atoms with Crippen molar-refractivity contribution < 1.29 is 19.0 Å². The van der Waals surface area contributed by atoms with Crippen LogP contribution in [0.2, 0.25) is 0 Å². The van der Waals surface area contributed by atoms with Crippen molar-refractivity contribution in [2.45, 2.75) is 57.7 Å². The van der Waals surface area contributed by atoms with Gasteiger partial charge in [-0.1, -0.05) is 19.1 Å². The molecule has 4 saturated carbocycles. The predicted molar refractivity (Wildman–Crippen MR) is 88.0 cm³/mol. The largest absolute Gasteiger partial charge is 0.438 e. The molecule has 0 N–H and O–H groups in total. The molecule has 0 amide bonds. The number of rotatable bonds is 5. The van der Waals surface area contributed by atoms with Crippen molar-refractivity contribution in [1.82, 2.24) is 0 Å². The lowest BCUT2D eigenvalue weighted by molar-refractivity contribution is -0.178. The van der Waals surface area contributed by atoms with Crippen LogP contribution in [0, 0.1) is 35.0 Å². The summed E-state index contributed by atoms with van der Waals surface area (Å²) >= 11 is 0. The molecule has 3 atom stereocenters. The Bertz CT molecular complexity index is 526. The van der Waals surface area contributed by atoms with Gasteiger partial charge in [0.25, 0.3) is 0 Å². The van der Waals surface area contributed by atoms with Gasteiger partial charge in [0.15, 0.2) is 6.79 Å². The fraction of sp³-hybridized carbons (Fsp3) is 0.850. The first-order valence-electron chi connectivity index (χ1n) is 9.70. The Morgan fingerprint density at radius 2 is 1.79 bits per heavy atom. The van der Waals surface area contributed by atoms with Gasteiger partial charge >= 0.3 is 5.97 Å². The predicted octanol–water partition coefficient (Wildman–Crippen LogP) is 3.31. The maximum absolute atomic E-state index is 12.2. The molecule has 6 rings (SSSR count). The molecule has 6 aliphatic rings. The highest BCUT2D eigenvalue weighted by atomic mass is 16.7. The molecule has 24 heavy (non-hydrogen) atoms. The molecule has 0 aromatic heterocycles. The van der Waals surface area contributed by atoms with Gasteiger partial charge in [-0.15, -0.1) is 0 Å². The average Bonchev–Trinajstić information content (AvgIpc) is 3.19. The van der Waals surface area contributed by atoms with Gasteiger partial charge in [0.2, 0.25) is 0 Å². The van der Waals surface area contributed by atoms with Crippen molar-refractivity contribution in [3.63, 3.8) is 0 Å². The van der Waals surface area contributed by atoms with E-state index in [-0.39, 0.29) is 36.3 Å². The summed E-state index contributed by atoms with van der Waals surface area (Å²) < 4.78 is 16.9. The first kappa shape index (κ1) is 15.4. The minimum Gasteiger partial charge on any atom is -0.438 e. The molecule has 5 fully saturated rings. The van der Waals surface area contributed by atoms with Crippen molar-refractivity contribution in [3.8, 4) is 0 Å². The summed E-state index contributed by atoms with van der Waals surface area (Å²) in [5, 5.41) is 0. The second-order valence-electron chi connectivity index (χ2n) is 9.11. The van der Waals surface area contributed by atoms with E-state index in [1.165, 1.54) is 32.1 Å². The lowest BCUT2D eigenvalue weighted by Gasteiger charge is -2.60. The Morgan fingerprint density at radius 1 is 1.08 bits per heavy atom. The van der Waals surface area contributed by atoms with Crippen LogP contribution in [-0.2, 0) is 19.0 Å². The van der Waals surface area contributed by atoms with Crippen LogP contribution in [0.3, 0.4) is 0 Å². The average molecular weight is 332 g/mol. The van der Waals surface area contributed by atoms with E-state index in [4.69, 9.17) is 14.2 Å². The van der Waals surface area contributed by atoms with Crippen molar-refractivity contribution in [1.29, 1.82) is 0 Å². The van der Waals surface area contributed by atoms with E-state index in [1.54, 1.807) is 0 Å². The van der Waals surface area contributed by atoms with Gasteiger partial charge in [-0.25, -0.2) is 0 Å². The molecule has 3 unspecified atom stereocenters. The molecule has 2 heterocycles. The van der Waals surface area contributed by atoms with E-state index in [2.05, 4.69) is 6.92 Å². The van der Waals surface area contributed by atoms with Crippen molar-refractivity contribution >= 4 is 5.97 Å². The third-order valence-corrected chi connectivity index (χ3v) is 7.73. The van der Waals surface area contributed by atoms with E-state index >= 15 is 0 Å².